The summed E-state index contributed by atoms with van der Waals surface area (Å²) >= 11 is 3.38. The minimum atomic E-state index is -3.76. The third kappa shape index (κ3) is 3.70. The number of carbonyl (C=O) groups is 1. The summed E-state index contributed by atoms with van der Waals surface area (Å²) in [6, 6.07) is 11.8. The largest absolute Gasteiger partial charge is 0.483 e. The van der Waals surface area contributed by atoms with Gasteiger partial charge in [0.1, 0.15) is 5.75 Å². The van der Waals surface area contributed by atoms with E-state index in [4.69, 9.17) is 9.88 Å². The van der Waals surface area contributed by atoms with Crippen LogP contribution < -0.4 is 14.8 Å². The van der Waals surface area contributed by atoms with E-state index in [-0.39, 0.29) is 23.5 Å². The average molecular weight is 425 g/mol. The van der Waals surface area contributed by atoms with Crippen LogP contribution in [-0.4, -0.2) is 27.0 Å². The summed E-state index contributed by atoms with van der Waals surface area (Å²) in [6.45, 7) is 1.80. The van der Waals surface area contributed by atoms with E-state index in [9.17, 15) is 13.2 Å². The molecule has 0 saturated carbocycles. The first kappa shape index (κ1) is 17.9. The van der Waals surface area contributed by atoms with Gasteiger partial charge in [-0.05, 0) is 65.2 Å². The molecule has 2 aromatic carbocycles. The minimum Gasteiger partial charge on any atom is -0.483 e. The maximum atomic E-state index is 12.6. The number of anilines is 1. The van der Waals surface area contributed by atoms with E-state index >= 15 is 0 Å². The van der Waals surface area contributed by atoms with E-state index in [1.807, 2.05) is 25.1 Å². The highest BCUT2D eigenvalue weighted by Crippen LogP contribution is 2.34. The Labute approximate surface area is 154 Å². The lowest BCUT2D eigenvalue weighted by molar-refractivity contribution is -0.120. The molecule has 0 radical (unpaired) electrons. The Morgan fingerprint density at radius 1 is 1.32 bits per heavy atom. The smallest absolute Gasteiger partial charge is 0.265 e. The minimum absolute atomic E-state index is 0.0530. The predicted octanol–water partition coefficient (Wildman–Crippen LogP) is 2.45. The number of sulfonamides is 1. The number of nitrogens with zero attached hydrogens (tertiary/aromatic N) is 1. The van der Waals surface area contributed by atoms with E-state index < -0.39 is 10.0 Å². The van der Waals surface area contributed by atoms with Crippen molar-refractivity contribution in [1.82, 2.24) is 0 Å². The number of benzene rings is 2. The lowest BCUT2D eigenvalue weighted by Crippen LogP contribution is -2.39. The number of hydrogen-bond donors (Lipinski definition) is 1. The number of fused-ring (bicyclic) bond motifs is 1. The van der Waals surface area contributed by atoms with Crippen LogP contribution in [0.25, 0.3) is 0 Å². The molecule has 1 aliphatic rings. The number of halogens is 1. The highest BCUT2D eigenvalue weighted by Gasteiger charge is 2.32. The molecule has 8 heteroatoms. The van der Waals surface area contributed by atoms with Gasteiger partial charge in [0.05, 0.1) is 9.37 Å². The van der Waals surface area contributed by atoms with Crippen LogP contribution in [0.1, 0.15) is 12.5 Å². The maximum absolute atomic E-state index is 12.6. The van der Waals surface area contributed by atoms with Crippen LogP contribution in [0.5, 0.6) is 5.75 Å². The number of hydrogen-bond acceptors (Lipinski definition) is 4. The zero-order valence-corrected chi connectivity index (χ0v) is 15.9. The number of rotatable bonds is 4. The van der Waals surface area contributed by atoms with E-state index in [0.717, 1.165) is 10.0 Å². The van der Waals surface area contributed by atoms with Crippen LogP contribution in [0.15, 0.2) is 51.8 Å². The van der Waals surface area contributed by atoms with Gasteiger partial charge in [0, 0.05) is 11.7 Å². The van der Waals surface area contributed by atoms with Crippen LogP contribution >= 0.6 is 15.9 Å². The fraction of sp³-hybridized carbons (Fsp3) is 0.235. The third-order valence-corrected chi connectivity index (χ3v) is 5.62. The van der Waals surface area contributed by atoms with E-state index in [2.05, 4.69) is 15.9 Å². The van der Waals surface area contributed by atoms with Gasteiger partial charge >= 0.3 is 0 Å². The summed E-state index contributed by atoms with van der Waals surface area (Å²) in [6.07, 6.45) is 0.569. The molecule has 1 aliphatic heterocycles. The van der Waals surface area contributed by atoms with E-state index in [1.165, 1.54) is 12.1 Å². The number of amides is 1. The van der Waals surface area contributed by atoms with Gasteiger partial charge in [0.25, 0.3) is 5.91 Å². The van der Waals surface area contributed by atoms with Crippen molar-refractivity contribution in [3.63, 3.8) is 0 Å². The number of nitrogens with two attached hydrogens (primary N) is 1. The van der Waals surface area contributed by atoms with Gasteiger partial charge in [-0.15, -0.1) is 0 Å². The molecule has 132 valence electrons. The fourth-order valence-electron chi connectivity index (χ4n) is 2.94. The molecule has 2 aromatic rings. The molecule has 0 saturated heterocycles. The Morgan fingerprint density at radius 3 is 2.72 bits per heavy atom. The Balaban J connectivity index is 1.80. The number of carbonyl (C=O) groups excluding carboxylic acids is 1. The summed E-state index contributed by atoms with van der Waals surface area (Å²) < 4.78 is 29.4. The van der Waals surface area contributed by atoms with Gasteiger partial charge in [0.15, 0.2) is 6.61 Å². The van der Waals surface area contributed by atoms with Gasteiger partial charge in [-0.3, -0.25) is 4.79 Å². The quantitative estimate of drug-likeness (QED) is 0.815. The van der Waals surface area contributed by atoms with E-state index in [1.54, 1.807) is 17.0 Å². The Hall–Kier alpha value is -1.90. The highest BCUT2D eigenvalue weighted by atomic mass is 79.9. The number of para-hydroxylation sites is 1. The Kier molecular flexibility index (Phi) is 4.86. The molecule has 0 bridgehead atoms. The molecule has 25 heavy (non-hydrogen) atoms. The highest BCUT2D eigenvalue weighted by molar-refractivity contribution is 9.10. The average Bonchev–Trinajstić information content (AvgIpc) is 2.88. The van der Waals surface area contributed by atoms with Gasteiger partial charge < -0.3 is 9.64 Å². The molecular weight excluding hydrogens is 408 g/mol. The van der Waals surface area contributed by atoms with Gasteiger partial charge in [0.2, 0.25) is 10.0 Å². The van der Waals surface area contributed by atoms with Crippen molar-refractivity contribution in [2.75, 3.05) is 11.5 Å². The van der Waals surface area contributed by atoms with Crippen molar-refractivity contribution in [1.29, 1.82) is 0 Å². The molecule has 1 atom stereocenters. The van der Waals surface area contributed by atoms with E-state index in [0.29, 0.717) is 17.9 Å². The molecule has 2 N–H and O–H groups in total. The summed E-state index contributed by atoms with van der Waals surface area (Å²) in [5, 5.41) is 5.17. The summed E-state index contributed by atoms with van der Waals surface area (Å²) in [4.78, 5) is 14.3. The second kappa shape index (κ2) is 6.78. The molecule has 0 aromatic heterocycles. The number of primary sulfonamides is 1. The molecular formula is C17H17BrN2O4S. The maximum Gasteiger partial charge on any atom is 0.265 e. The van der Waals surface area contributed by atoms with Gasteiger partial charge in [-0.25, -0.2) is 13.6 Å². The zero-order chi connectivity index (χ0) is 18.2. The van der Waals surface area contributed by atoms with Crippen LogP contribution in [0.2, 0.25) is 0 Å². The molecule has 0 spiro atoms. The first-order valence-electron chi connectivity index (χ1n) is 7.62. The Bertz CT molecular complexity index is 930. The topological polar surface area (TPSA) is 89.7 Å². The van der Waals surface area contributed by atoms with Crippen LogP contribution in [0.3, 0.4) is 0 Å². The lowest BCUT2D eigenvalue weighted by Gasteiger charge is -2.23. The van der Waals surface area contributed by atoms with Gasteiger partial charge in [-0.1, -0.05) is 12.1 Å². The van der Waals surface area contributed by atoms with Crippen LogP contribution in [0, 0.1) is 0 Å². The van der Waals surface area contributed by atoms with Crippen LogP contribution in [0.4, 0.5) is 5.69 Å². The predicted molar refractivity (Wildman–Crippen MR) is 98.1 cm³/mol. The van der Waals surface area contributed by atoms with Gasteiger partial charge in [-0.2, -0.15) is 0 Å². The normalized spacial score (nSPS) is 16.6. The lowest BCUT2D eigenvalue weighted by atomic mass is 10.1. The molecule has 6 nitrogen and oxygen atoms in total. The van der Waals surface area contributed by atoms with Crippen molar-refractivity contribution in [2.24, 2.45) is 5.14 Å². The summed E-state index contributed by atoms with van der Waals surface area (Å²) in [5.41, 5.74) is 1.48. The molecule has 1 unspecified atom stereocenters. The van der Waals surface area contributed by atoms with Crippen molar-refractivity contribution in [3.8, 4) is 5.75 Å². The summed E-state index contributed by atoms with van der Waals surface area (Å²) in [7, 11) is -3.76. The zero-order valence-electron chi connectivity index (χ0n) is 13.5. The second-order valence-corrected chi connectivity index (χ2v) is 8.29. The second-order valence-electron chi connectivity index (χ2n) is 5.87. The SMILES string of the molecule is CC1Cc2cc(S(N)(=O)=O)ccc2N1C(=O)COc1ccccc1Br. The van der Waals surface area contributed by atoms with Crippen molar-refractivity contribution < 1.29 is 17.9 Å². The first-order chi connectivity index (χ1) is 11.8. The standard InChI is InChI=1S/C17H17BrN2O4S/c1-11-8-12-9-13(25(19,22)23)6-7-15(12)20(11)17(21)10-24-16-5-3-2-4-14(16)18/h2-7,9,11H,8,10H2,1H3,(H2,19,22,23). The fourth-order valence-corrected chi connectivity index (χ4v) is 3.90. The molecule has 1 amide bonds. The molecule has 3 rings (SSSR count). The summed E-state index contributed by atoms with van der Waals surface area (Å²) in [5.74, 6) is 0.401. The molecule has 0 aliphatic carbocycles. The molecule has 0 fully saturated rings. The monoisotopic (exact) mass is 424 g/mol. The van der Waals surface area contributed by atoms with Crippen molar-refractivity contribution in [2.45, 2.75) is 24.3 Å². The third-order valence-electron chi connectivity index (χ3n) is 4.05. The molecule has 1 heterocycles. The van der Waals surface area contributed by atoms with Crippen LogP contribution in [-0.2, 0) is 21.2 Å². The van der Waals surface area contributed by atoms with Crippen molar-refractivity contribution >= 4 is 37.5 Å². The van der Waals surface area contributed by atoms with Crippen molar-refractivity contribution in [3.05, 3.63) is 52.5 Å². The Morgan fingerprint density at radius 2 is 2.04 bits per heavy atom. The number of ether oxygens (including phenoxy) is 1. The first-order valence-corrected chi connectivity index (χ1v) is 9.96.